The summed E-state index contributed by atoms with van der Waals surface area (Å²) in [6.07, 6.45) is 0.512. The van der Waals surface area contributed by atoms with Crippen LogP contribution in [0.5, 0.6) is 5.75 Å². The highest BCUT2D eigenvalue weighted by Crippen LogP contribution is 2.57. The van der Waals surface area contributed by atoms with Crippen molar-refractivity contribution in [1.82, 2.24) is 5.32 Å². The molecule has 1 fully saturated rings. The maximum Gasteiger partial charge on any atom is 0.242 e. The molecule has 1 saturated heterocycles. The molecule has 0 radical (unpaired) electrons. The van der Waals surface area contributed by atoms with Crippen LogP contribution in [0.15, 0.2) is 59.1 Å². The summed E-state index contributed by atoms with van der Waals surface area (Å²) in [7, 11) is 1.44. The number of rotatable bonds is 5. The number of fused-ring (bicyclic) bond motifs is 2. The van der Waals surface area contributed by atoms with Crippen molar-refractivity contribution in [1.29, 1.82) is 5.26 Å². The van der Waals surface area contributed by atoms with Gasteiger partial charge in [-0.15, -0.1) is 0 Å². The smallest absolute Gasteiger partial charge is 0.242 e. The van der Waals surface area contributed by atoms with Gasteiger partial charge in [-0.2, -0.15) is 5.26 Å². The van der Waals surface area contributed by atoms with E-state index in [9.17, 15) is 14.9 Å². The van der Waals surface area contributed by atoms with Crippen LogP contribution in [-0.4, -0.2) is 31.0 Å². The highest BCUT2D eigenvalue weighted by Gasteiger charge is 2.66. The minimum atomic E-state index is -1.33. The van der Waals surface area contributed by atoms with E-state index >= 15 is 4.39 Å². The van der Waals surface area contributed by atoms with E-state index < -0.39 is 35.1 Å². The fourth-order valence-corrected chi connectivity index (χ4v) is 6.77. The Balaban J connectivity index is 1.71. The second-order valence-corrected chi connectivity index (χ2v) is 12.9. The van der Waals surface area contributed by atoms with E-state index in [4.69, 9.17) is 16.3 Å². The summed E-state index contributed by atoms with van der Waals surface area (Å²) in [4.78, 5) is 28.4. The molecule has 212 valence electrons. The van der Waals surface area contributed by atoms with Crippen LogP contribution in [0, 0.1) is 22.6 Å². The van der Waals surface area contributed by atoms with Gasteiger partial charge in [0.15, 0.2) is 0 Å². The van der Waals surface area contributed by atoms with Crippen LogP contribution < -0.4 is 20.7 Å². The number of nitriles is 1. The number of anilines is 2. The molecule has 3 aromatic carbocycles. The second kappa shape index (κ2) is 10.8. The molecule has 3 N–H and O–H groups in total. The Morgan fingerprint density at radius 1 is 1.22 bits per heavy atom. The first-order valence-electron chi connectivity index (χ1n) is 13.1. The van der Waals surface area contributed by atoms with Crippen LogP contribution in [0.25, 0.3) is 0 Å². The van der Waals surface area contributed by atoms with E-state index in [1.165, 1.54) is 19.2 Å². The first kappa shape index (κ1) is 29.1. The van der Waals surface area contributed by atoms with E-state index in [0.717, 1.165) is 4.47 Å². The molecule has 3 aromatic rings. The van der Waals surface area contributed by atoms with Gasteiger partial charge in [0.25, 0.3) is 0 Å². The van der Waals surface area contributed by atoms with Gasteiger partial charge in [0.1, 0.15) is 17.0 Å². The number of halogens is 3. The third-order valence-corrected chi connectivity index (χ3v) is 8.59. The Morgan fingerprint density at radius 2 is 1.98 bits per heavy atom. The lowest BCUT2D eigenvalue weighted by Gasteiger charge is -2.37. The average Bonchev–Trinajstić information content (AvgIpc) is 3.39. The molecule has 0 aliphatic carbocycles. The van der Waals surface area contributed by atoms with Crippen LogP contribution in [0.4, 0.5) is 15.8 Å². The Labute approximate surface area is 251 Å². The molecule has 0 bridgehead atoms. The zero-order chi connectivity index (χ0) is 29.7. The van der Waals surface area contributed by atoms with Gasteiger partial charge in [-0.3, -0.25) is 9.59 Å². The molecule has 1 spiro atoms. The standard InChI is InChI=1S/C31H29BrClFN4O3/c1-30(2,3)14-24-31(19-10-9-17(32)13-22(19)37-29(31)40)25(18-6-5-7-20(33)26(18)34)27(38-24)28(39)36-21-11-8-16(15-35)12-23(21)41-4/h5-13,24-25,27,38H,14H2,1-4H3,(H,36,39)(H,37,40)/t24-,25+,27+,31?/m0/s1. The van der Waals surface area contributed by atoms with Crippen molar-refractivity contribution in [3.8, 4) is 11.8 Å². The zero-order valence-electron chi connectivity index (χ0n) is 22.9. The van der Waals surface area contributed by atoms with Crippen LogP contribution >= 0.6 is 27.5 Å². The molecule has 2 aliphatic rings. The van der Waals surface area contributed by atoms with Crippen molar-refractivity contribution in [2.75, 3.05) is 17.7 Å². The van der Waals surface area contributed by atoms with Gasteiger partial charge in [0.05, 0.1) is 35.5 Å². The van der Waals surface area contributed by atoms with Crippen LogP contribution in [0.3, 0.4) is 0 Å². The third-order valence-electron chi connectivity index (χ3n) is 7.81. The van der Waals surface area contributed by atoms with E-state index in [2.05, 4.69) is 52.7 Å². The zero-order valence-corrected chi connectivity index (χ0v) is 25.3. The number of hydrogen-bond donors (Lipinski definition) is 3. The molecule has 4 atom stereocenters. The minimum Gasteiger partial charge on any atom is -0.495 e. The summed E-state index contributed by atoms with van der Waals surface area (Å²) in [6, 6.07) is 15.3. The molecule has 0 saturated carbocycles. The van der Waals surface area contributed by atoms with E-state index in [0.29, 0.717) is 34.7 Å². The topological polar surface area (TPSA) is 103 Å². The lowest BCUT2D eigenvalue weighted by molar-refractivity contribution is -0.122. The lowest BCUT2D eigenvalue weighted by Crippen LogP contribution is -2.49. The second-order valence-electron chi connectivity index (χ2n) is 11.6. The first-order chi connectivity index (χ1) is 19.4. The molecule has 0 aromatic heterocycles. The SMILES string of the molecule is COc1cc(C#N)ccc1NC(=O)[C@@H]1N[C@@H](CC(C)(C)C)C2(C(=O)Nc3cc(Br)ccc32)[C@@H]1c1cccc(Cl)c1F. The van der Waals surface area contributed by atoms with E-state index in [1.54, 1.807) is 24.3 Å². The van der Waals surface area contributed by atoms with Crippen molar-refractivity contribution in [2.45, 2.75) is 50.6 Å². The lowest BCUT2D eigenvalue weighted by atomic mass is 9.62. The summed E-state index contributed by atoms with van der Waals surface area (Å²) in [5, 5.41) is 18.5. The summed E-state index contributed by atoms with van der Waals surface area (Å²) in [5.41, 5.74) is 0.590. The average molecular weight is 640 g/mol. The minimum absolute atomic E-state index is 0.0979. The van der Waals surface area contributed by atoms with Gasteiger partial charge in [0, 0.05) is 28.2 Å². The molecular weight excluding hydrogens is 611 g/mol. The largest absolute Gasteiger partial charge is 0.495 e. The number of nitrogens with one attached hydrogen (secondary N) is 3. The Hall–Kier alpha value is -3.45. The quantitative estimate of drug-likeness (QED) is 0.295. The predicted molar refractivity (Wildman–Crippen MR) is 160 cm³/mol. The van der Waals surface area contributed by atoms with E-state index in [1.807, 2.05) is 24.3 Å². The van der Waals surface area contributed by atoms with Crippen LogP contribution in [0.2, 0.25) is 5.02 Å². The normalized spacial score (nSPS) is 23.2. The number of hydrogen-bond acceptors (Lipinski definition) is 5. The van der Waals surface area contributed by atoms with Gasteiger partial charge >= 0.3 is 0 Å². The fraction of sp³-hybridized carbons (Fsp3) is 0.323. The predicted octanol–water partition coefficient (Wildman–Crippen LogP) is 6.51. The number of amides is 2. The fourth-order valence-electron chi connectivity index (χ4n) is 6.23. The Bertz CT molecular complexity index is 1600. The first-order valence-corrected chi connectivity index (χ1v) is 14.3. The number of methoxy groups -OCH3 is 1. The van der Waals surface area contributed by atoms with Crippen molar-refractivity contribution >= 4 is 50.7 Å². The summed E-state index contributed by atoms with van der Waals surface area (Å²) in [6.45, 7) is 6.17. The van der Waals surface area contributed by atoms with Gasteiger partial charge in [-0.25, -0.2) is 4.39 Å². The van der Waals surface area contributed by atoms with Crippen molar-refractivity contribution < 1.29 is 18.7 Å². The molecule has 2 aliphatic heterocycles. The highest BCUT2D eigenvalue weighted by atomic mass is 79.9. The monoisotopic (exact) mass is 638 g/mol. The number of benzene rings is 3. The molecule has 5 rings (SSSR count). The number of nitrogens with zero attached hydrogens (tertiary/aromatic N) is 1. The van der Waals surface area contributed by atoms with E-state index in [-0.39, 0.29) is 21.9 Å². The van der Waals surface area contributed by atoms with Crippen molar-refractivity contribution in [3.05, 3.63) is 86.6 Å². The molecule has 10 heteroatoms. The summed E-state index contributed by atoms with van der Waals surface area (Å²) in [5.74, 6) is -2.13. The maximum atomic E-state index is 15.9. The number of carbonyl (C=O) groups excluding carboxylic acids is 2. The van der Waals surface area contributed by atoms with Gasteiger partial charge in [-0.1, -0.05) is 66.5 Å². The molecule has 2 amide bonds. The van der Waals surface area contributed by atoms with Crippen molar-refractivity contribution in [3.63, 3.8) is 0 Å². The molecule has 7 nitrogen and oxygen atoms in total. The Kier molecular flexibility index (Phi) is 7.62. The Morgan fingerprint density at radius 3 is 2.66 bits per heavy atom. The summed E-state index contributed by atoms with van der Waals surface area (Å²) < 4.78 is 22.1. The highest BCUT2D eigenvalue weighted by molar-refractivity contribution is 9.10. The molecule has 1 unspecified atom stereocenters. The molecule has 41 heavy (non-hydrogen) atoms. The number of ether oxygens (including phenoxy) is 1. The third kappa shape index (κ3) is 4.99. The summed E-state index contributed by atoms with van der Waals surface area (Å²) >= 11 is 9.75. The molecule has 2 heterocycles. The maximum absolute atomic E-state index is 15.9. The van der Waals surface area contributed by atoms with Gasteiger partial charge in [0.2, 0.25) is 11.8 Å². The molecular formula is C31H29BrClFN4O3. The number of carbonyl (C=O) groups is 2. The van der Waals surface area contributed by atoms with Gasteiger partial charge in [-0.05, 0) is 53.3 Å². The van der Waals surface area contributed by atoms with Crippen molar-refractivity contribution in [2.24, 2.45) is 5.41 Å². The van der Waals surface area contributed by atoms with Gasteiger partial charge < -0.3 is 20.7 Å². The van der Waals surface area contributed by atoms with Crippen LogP contribution in [-0.2, 0) is 15.0 Å². The van der Waals surface area contributed by atoms with Crippen LogP contribution in [0.1, 0.15) is 49.8 Å².